The zero-order valence-electron chi connectivity index (χ0n) is 11.4. The number of nitrogens with one attached hydrogen (secondary N) is 1. The second kappa shape index (κ2) is 5.68. The van der Waals surface area contributed by atoms with E-state index < -0.39 is 0 Å². The van der Waals surface area contributed by atoms with E-state index in [4.69, 9.17) is 0 Å². The van der Waals surface area contributed by atoms with Gasteiger partial charge in [0.15, 0.2) is 0 Å². The summed E-state index contributed by atoms with van der Waals surface area (Å²) in [4.78, 5) is 0. The first-order valence-corrected chi connectivity index (χ1v) is 6.94. The highest BCUT2D eigenvalue weighted by atomic mass is 14.9. The molecule has 0 saturated heterocycles. The molecule has 1 aromatic carbocycles. The molecule has 1 saturated carbocycles. The summed E-state index contributed by atoms with van der Waals surface area (Å²) in [6.45, 7) is 7.80. The number of aryl methyl sites for hydroxylation is 1. The van der Waals surface area contributed by atoms with Gasteiger partial charge in [0.25, 0.3) is 0 Å². The van der Waals surface area contributed by atoms with Crippen molar-refractivity contribution in [3.05, 3.63) is 35.4 Å². The van der Waals surface area contributed by atoms with Crippen LogP contribution in [0.3, 0.4) is 0 Å². The summed E-state index contributed by atoms with van der Waals surface area (Å²) in [5, 5.41) is 3.60. The maximum Gasteiger partial charge on any atom is 0.00104 e. The molecule has 1 heteroatoms. The fraction of sp³-hybridized carbons (Fsp3) is 0.625. The second-order valence-corrected chi connectivity index (χ2v) is 5.85. The molecule has 0 aliphatic heterocycles. The Labute approximate surface area is 106 Å². The van der Waals surface area contributed by atoms with Gasteiger partial charge >= 0.3 is 0 Å². The van der Waals surface area contributed by atoms with Gasteiger partial charge in [-0.05, 0) is 50.1 Å². The molecule has 94 valence electrons. The van der Waals surface area contributed by atoms with Crippen molar-refractivity contribution in [1.29, 1.82) is 0 Å². The highest BCUT2D eigenvalue weighted by Crippen LogP contribution is 2.38. The lowest BCUT2D eigenvalue weighted by atomic mass is 9.94. The zero-order valence-corrected chi connectivity index (χ0v) is 11.4. The summed E-state index contributed by atoms with van der Waals surface area (Å²) < 4.78 is 0. The van der Waals surface area contributed by atoms with E-state index in [-0.39, 0.29) is 0 Å². The lowest BCUT2D eigenvalue weighted by Crippen LogP contribution is -2.30. The van der Waals surface area contributed by atoms with Crippen molar-refractivity contribution in [3.8, 4) is 0 Å². The molecule has 0 aromatic heterocycles. The van der Waals surface area contributed by atoms with E-state index in [1.807, 2.05) is 0 Å². The average Bonchev–Trinajstić information content (AvgIpc) is 3.10. The van der Waals surface area contributed by atoms with Crippen LogP contribution in [0, 0.1) is 18.8 Å². The van der Waals surface area contributed by atoms with Crippen molar-refractivity contribution < 1.29 is 0 Å². The summed E-state index contributed by atoms with van der Waals surface area (Å²) >= 11 is 0. The van der Waals surface area contributed by atoms with Crippen molar-refractivity contribution >= 4 is 0 Å². The average molecular weight is 231 g/mol. The maximum atomic E-state index is 3.60. The SMILES string of the molecule is Cc1ccc(CC(CNC(C)C)C2CC2)cc1. The third kappa shape index (κ3) is 4.16. The monoisotopic (exact) mass is 231 g/mol. The minimum atomic E-state index is 0.606. The van der Waals surface area contributed by atoms with Gasteiger partial charge in [-0.3, -0.25) is 0 Å². The zero-order chi connectivity index (χ0) is 12.3. The van der Waals surface area contributed by atoms with Crippen LogP contribution in [-0.4, -0.2) is 12.6 Å². The lowest BCUT2D eigenvalue weighted by Gasteiger charge is -2.19. The molecule has 0 spiro atoms. The van der Waals surface area contributed by atoms with E-state index in [2.05, 4.69) is 50.4 Å². The van der Waals surface area contributed by atoms with E-state index in [1.165, 1.54) is 36.9 Å². The molecule has 17 heavy (non-hydrogen) atoms. The van der Waals surface area contributed by atoms with Gasteiger partial charge in [0, 0.05) is 6.04 Å². The van der Waals surface area contributed by atoms with Gasteiger partial charge in [-0.25, -0.2) is 0 Å². The van der Waals surface area contributed by atoms with Crippen LogP contribution in [0.4, 0.5) is 0 Å². The molecule has 1 nitrogen and oxygen atoms in total. The minimum Gasteiger partial charge on any atom is -0.314 e. The van der Waals surface area contributed by atoms with Gasteiger partial charge < -0.3 is 5.32 Å². The lowest BCUT2D eigenvalue weighted by molar-refractivity contribution is 0.405. The van der Waals surface area contributed by atoms with Crippen LogP contribution in [0.2, 0.25) is 0 Å². The van der Waals surface area contributed by atoms with Gasteiger partial charge in [0.05, 0.1) is 0 Å². The summed E-state index contributed by atoms with van der Waals surface area (Å²) in [6.07, 6.45) is 4.12. The summed E-state index contributed by atoms with van der Waals surface area (Å²) in [6, 6.07) is 9.65. The van der Waals surface area contributed by atoms with Crippen LogP contribution in [0.5, 0.6) is 0 Å². The van der Waals surface area contributed by atoms with Crippen LogP contribution >= 0.6 is 0 Å². The Balaban J connectivity index is 1.90. The van der Waals surface area contributed by atoms with E-state index >= 15 is 0 Å². The van der Waals surface area contributed by atoms with E-state index in [0.29, 0.717) is 6.04 Å². The summed E-state index contributed by atoms with van der Waals surface area (Å²) in [7, 11) is 0. The molecule has 2 rings (SSSR count). The van der Waals surface area contributed by atoms with Gasteiger partial charge in [-0.2, -0.15) is 0 Å². The smallest absolute Gasteiger partial charge is 0.00104 e. The van der Waals surface area contributed by atoms with Gasteiger partial charge in [0.2, 0.25) is 0 Å². The largest absolute Gasteiger partial charge is 0.314 e. The van der Waals surface area contributed by atoms with Crippen LogP contribution in [0.25, 0.3) is 0 Å². The Bertz CT molecular complexity index is 335. The topological polar surface area (TPSA) is 12.0 Å². The molecule has 1 N–H and O–H groups in total. The summed E-state index contributed by atoms with van der Waals surface area (Å²) in [5.74, 6) is 1.81. The molecule has 1 atom stereocenters. The Morgan fingerprint density at radius 3 is 2.35 bits per heavy atom. The Hall–Kier alpha value is -0.820. The molecular formula is C16H25N. The first kappa shape index (κ1) is 12.6. The van der Waals surface area contributed by atoms with Crippen LogP contribution < -0.4 is 5.32 Å². The molecule has 1 aliphatic rings. The van der Waals surface area contributed by atoms with Crippen molar-refractivity contribution in [1.82, 2.24) is 5.32 Å². The number of hydrogen-bond donors (Lipinski definition) is 1. The van der Waals surface area contributed by atoms with Crippen molar-refractivity contribution in [2.24, 2.45) is 11.8 Å². The third-order valence-corrected chi connectivity index (χ3v) is 3.70. The van der Waals surface area contributed by atoms with E-state index in [0.717, 1.165) is 11.8 Å². The summed E-state index contributed by atoms with van der Waals surface area (Å²) in [5.41, 5.74) is 2.86. The fourth-order valence-electron chi connectivity index (χ4n) is 2.39. The third-order valence-electron chi connectivity index (χ3n) is 3.70. The Morgan fingerprint density at radius 2 is 1.82 bits per heavy atom. The molecule has 1 aliphatic carbocycles. The van der Waals surface area contributed by atoms with E-state index in [1.54, 1.807) is 0 Å². The molecular weight excluding hydrogens is 206 g/mol. The first-order chi connectivity index (χ1) is 8.15. The number of benzene rings is 1. The molecule has 0 amide bonds. The highest BCUT2D eigenvalue weighted by Gasteiger charge is 2.30. The second-order valence-electron chi connectivity index (χ2n) is 5.85. The van der Waals surface area contributed by atoms with Crippen molar-refractivity contribution in [2.45, 2.75) is 46.1 Å². The highest BCUT2D eigenvalue weighted by molar-refractivity contribution is 5.22. The van der Waals surface area contributed by atoms with Crippen molar-refractivity contribution in [3.63, 3.8) is 0 Å². The maximum absolute atomic E-state index is 3.60. The van der Waals surface area contributed by atoms with Crippen LogP contribution in [0.1, 0.15) is 37.8 Å². The molecule has 0 heterocycles. The Kier molecular flexibility index (Phi) is 4.22. The van der Waals surface area contributed by atoms with Crippen molar-refractivity contribution in [2.75, 3.05) is 6.54 Å². The Morgan fingerprint density at radius 1 is 1.18 bits per heavy atom. The fourth-order valence-corrected chi connectivity index (χ4v) is 2.39. The van der Waals surface area contributed by atoms with Gasteiger partial charge in [-0.15, -0.1) is 0 Å². The molecule has 1 unspecified atom stereocenters. The van der Waals surface area contributed by atoms with Crippen LogP contribution in [-0.2, 0) is 6.42 Å². The standard InChI is InChI=1S/C16H25N/c1-12(2)17-11-16(15-8-9-15)10-14-6-4-13(3)5-7-14/h4-7,12,15-17H,8-11H2,1-3H3. The number of hydrogen-bond acceptors (Lipinski definition) is 1. The predicted octanol–water partition coefficient (Wildman–Crippen LogP) is 3.56. The molecule has 0 radical (unpaired) electrons. The quantitative estimate of drug-likeness (QED) is 0.789. The molecule has 1 fully saturated rings. The van der Waals surface area contributed by atoms with E-state index in [9.17, 15) is 0 Å². The first-order valence-electron chi connectivity index (χ1n) is 6.94. The molecule has 0 bridgehead atoms. The van der Waals surface area contributed by atoms with Gasteiger partial charge in [-0.1, -0.05) is 43.7 Å². The number of rotatable bonds is 6. The molecule has 1 aromatic rings. The normalized spacial score (nSPS) is 17.4. The minimum absolute atomic E-state index is 0.606. The predicted molar refractivity (Wildman–Crippen MR) is 74.2 cm³/mol. The van der Waals surface area contributed by atoms with Crippen LogP contribution in [0.15, 0.2) is 24.3 Å². The van der Waals surface area contributed by atoms with Gasteiger partial charge in [0.1, 0.15) is 0 Å².